The Balaban J connectivity index is 1.79. The van der Waals surface area contributed by atoms with Gasteiger partial charge in [-0.2, -0.15) is 18.4 Å². The Kier molecular flexibility index (Phi) is 4.32. The number of carbonyl (C=O) groups excluding carboxylic acids is 1. The zero-order chi connectivity index (χ0) is 20.2. The molecular formula is C18H10BrF3N4OS. The largest absolute Gasteiger partial charge is 0.417 e. The van der Waals surface area contributed by atoms with Gasteiger partial charge in [0.1, 0.15) is 6.04 Å². The summed E-state index contributed by atoms with van der Waals surface area (Å²) < 4.78 is 40.8. The molecule has 1 N–H and O–H groups in total. The number of benzene rings is 2. The van der Waals surface area contributed by atoms with Crippen molar-refractivity contribution in [3.05, 3.63) is 52.0 Å². The molecule has 0 aliphatic carbocycles. The smallest absolute Gasteiger partial charge is 0.381 e. The number of nitriles is 1. The Morgan fingerprint density at radius 1 is 1.25 bits per heavy atom. The highest BCUT2D eigenvalue weighted by molar-refractivity contribution is 9.10. The number of halogens is 4. The average Bonchev–Trinajstić information content (AvgIpc) is 2.91. The molecule has 4 rings (SSSR count). The monoisotopic (exact) mass is 466 g/mol. The summed E-state index contributed by atoms with van der Waals surface area (Å²) in [6, 6.07) is 9.42. The predicted molar refractivity (Wildman–Crippen MR) is 105 cm³/mol. The number of hydrogen-bond donors (Lipinski definition) is 1. The minimum atomic E-state index is -4.72. The van der Waals surface area contributed by atoms with E-state index in [9.17, 15) is 18.0 Å². The molecule has 0 saturated carbocycles. The van der Waals surface area contributed by atoms with Crippen molar-refractivity contribution in [3.63, 3.8) is 0 Å². The van der Waals surface area contributed by atoms with Crippen LogP contribution < -0.4 is 15.1 Å². The van der Waals surface area contributed by atoms with Crippen LogP contribution in [0.4, 0.5) is 30.2 Å². The van der Waals surface area contributed by atoms with E-state index in [-0.39, 0.29) is 17.3 Å². The second kappa shape index (κ2) is 6.46. The maximum Gasteiger partial charge on any atom is 0.417 e. The molecule has 10 heteroatoms. The first-order valence-corrected chi connectivity index (χ1v) is 9.24. The summed E-state index contributed by atoms with van der Waals surface area (Å²) in [5.41, 5.74) is -0.198. The van der Waals surface area contributed by atoms with Gasteiger partial charge in [-0.1, -0.05) is 15.9 Å². The Hall–Kier alpha value is -2.64. The molecule has 2 aromatic carbocycles. The molecule has 2 heterocycles. The first kappa shape index (κ1) is 18.7. The highest BCUT2D eigenvalue weighted by Crippen LogP contribution is 2.40. The third-order valence-corrected chi connectivity index (χ3v) is 5.48. The minimum Gasteiger partial charge on any atom is -0.381 e. The molecule has 1 fully saturated rings. The van der Waals surface area contributed by atoms with Crippen LogP contribution in [0.2, 0.25) is 0 Å². The van der Waals surface area contributed by atoms with Gasteiger partial charge in [-0.15, -0.1) is 0 Å². The number of thiocarbonyl (C=S) groups is 1. The SMILES string of the molecule is N#Cc1ccc(N2C(=O)C3CNc4cc(Br)ccc4N3C2=S)cc1C(F)(F)F. The number of rotatable bonds is 1. The van der Waals surface area contributed by atoms with Gasteiger partial charge in [-0.3, -0.25) is 9.69 Å². The fourth-order valence-corrected chi connectivity index (χ4v) is 4.13. The van der Waals surface area contributed by atoms with E-state index in [1.54, 1.807) is 17.0 Å². The van der Waals surface area contributed by atoms with E-state index < -0.39 is 29.3 Å². The molecule has 1 saturated heterocycles. The van der Waals surface area contributed by atoms with Crippen LogP contribution in [0.1, 0.15) is 11.1 Å². The lowest BCUT2D eigenvalue weighted by Crippen LogP contribution is -2.43. The second-order valence-corrected chi connectivity index (χ2v) is 7.50. The van der Waals surface area contributed by atoms with Gasteiger partial charge in [0.15, 0.2) is 5.11 Å². The van der Waals surface area contributed by atoms with Crippen LogP contribution >= 0.6 is 28.1 Å². The number of fused-ring (bicyclic) bond motifs is 3. The topological polar surface area (TPSA) is 59.4 Å². The molecule has 1 unspecified atom stereocenters. The average molecular weight is 467 g/mol. The number of nitrogens with zero attached hydrogens (tertiary/aromatic N) is 3. The van der Waals surface area contributed by atoms with Gasteiger partial charge in [-0.05, 0) is 48.6 Å². The van der Waals surface area contributed by atoms with Gasteiger partial charge in [0, 0.05) is 11.0 Å². The first-order chi connectivity index (χ1) is 13.2. The van der Waals surface area contributed by atoms with Crippen molar-refractivity contribution in [1.29, 1.82) is 5.26 Å². The number of alkyl halides is 3. The normalized spacial score (nSPS) is 18.5. The van der Waals surface area contributed by atoms with E-state index in [0.717, 1.165) is 27.2 Å². The van der Waals surface area contributed by atoms with E-state index in [1.165, 1.54) is 12.1 Å². The first-order valence-electron chi connectivity index (χ1n) is 8.04. The van der Waals surface area contributed by atoms with Crippen LogP contribution in [0.25, 0.3) is 0 Å². The Morgan fingerprint density at radius 3 is 2.68 bits per heavy atom. The summed E-state index contributed by atoms with van der Waals surface area (Å²) in [6.45, 7) is 0.265. The summed E-state index contributed by atoms with van der Waals surface area (Å²) in [4.78, 5) is 15.7. The molecule has 0 radical (unpaired) electrons. The van der Waals surface area contributed by atoms with Crippen LogP contribution in [0.15, 0.2) is 40.9 Å². The Labute approximate surface area is 171 Å². The van der Waals surface area contributed by atoms with Gasteiger partial charge in [0.05, 0.1) is 34.3 Å². The minimum absolute atomic E-state index is 0.0191. The molecule has 2 aliphatic heterocycles. The molecule has 0 bridgehead atoms. The number of nitrogens with one attached hydrogen (secondary N) is 1. The van der Waals surface area contributed by atoms with Crippen molar-refractivity contribution in [2.45, 2.75) is 12.2 Å². The quantitative estimate of drug-likeness (QED) is 0.635. The zero-order valence-electron chi connectivity index (χ0n) is 13.9. The molecule has 1 amide bonds. The van der Waals surface area contributed by atoms with Crippen LogP contribution in [-0.2, 0) is 11.0 Å². The molecule has 5 nitrogen and oxygen atoms in total. The molecular weight excluding hydrogens is 457 g/mol. The van der Waals surface area contributed by atoms with Crippen LogP contribution in [0.3, 0.4) is 0 Å². The van der Waals surface area contributed by atoms with Crippen molar-refractivity contribution in [2.24, 2.45) is 0 Å². The van der Waals surface area contributed by atoms with Crippen molar-refractivity contribution < 1.29 is 18.0 Å². The number of hydrogen-bond acceptors (Lipinski definition) is 4. The molecule has 2 aromatic rings. The van der Waals surface area contributed by atoms with Gasteiger partial charge >= 0.3 is 6.18 Å². The van der Waals surface area contributed by atoms with Crippen LogP contribution in [-0.4, -0.2) is 23.6 Å². The molecule has 0 spiro atoms. The Morgan fingerprint density at radius 2 is 2.00 bits per heavy atom. The lowest BCUT2D eigenvalue weighted by Gasteiger charge is -2.31. The fraction of sp³-hybridized carbons (Fsp3) is 0.167. The highest BCUT2D eigenvalue weighted by Gasteiger charge is 2.47. The van der Waals surface area contributed by atoms with E-state index in [2.05, 4.69) is 21.2 Å². The standard InChI is InChI=1S/C18H10BrF3N4OS/c19-10-2-4-14-13(5-10)24-8-15-16(27)25(17(28)26(14)15)11-3-1-9(7-23)12(6-11)18(20,21)22/h1-6,15,24H,8H2. The summed E-state index contributed by atoms with van der Waals surface area (Å²) in [6.07, 6.45) is -4.72. The van der Waals surface area contributed by atoms with Crippen LogP contribution in [0.5, 0.6) is 0 Å². The summed E-state index contributed by atoms with van der Waals surface area (Å²) >= 11 is 8.83. The van der Waals surface area contributed by atoms with Crippen molar-refractivity contribution in [1.82, 2.24) is 0 Å². The molecule has 2 aliphatic rings. The molecule has 0 aromatic heterocycles. The van der Waals surface area contributed by atoms with E-state index in [4.69, 9.17) is 17.5 Å². The number of carbonyl (C=O) groups is 1. The third-order valence-electron chi connectivity index (χ3n) is 4.61. The highest BCUT2D eigenvalue weighted by atomic mass is 79.9. The summed E-state index contributed by atoms with van der Waals surface area (Å²) in [5.74, 6) is -0.427. The van der Waals surface area contributed by atoms with Crippen molar-refractivity contribution in [2.75, 3.05) is 21.7 Å². The molecule has 28 heavy (non-hydrogen) atoms. The lowest BCUT2D eigenvalue weighted by atomic mass is 10.1. The maximum atomic E-state index is 13.3. The number of anilines is 3. The van der Waals surface area contributed by atoms with Crippen LogP contribution in [0, 0.1) is 11.3 Å². The van der Waals surface area contributed by atoms with E-state index in [0.29, 0.717) is 5.69 Å². The van der Waals surface area contributed by atoms with Crippen molar-refractivity contribution in [3.8, 4) is 6.07 Å². The van der Waals surface area contributed by atoms with Crippen molar-refractivity contribution >= 4 is 56.2 Å². The number of amides is 1. The second-order valence-electron chi connectivity index (χ2n) is 6.22. The van der Waals surface area contributed by atoms with Gasteiger partial charge in [0.25, 0.3) is 5.91 Å². The lowest BCUT2D eigenvalue weighted by molar-refractivity contribution is -0.137. The zero-order valence-corrected chi connectivity index (χ0v) is 16.3. The van der Waals surface area contributed by atoms with Gasteiger partial charge in [0.2, 0.25) is 0 Å². The Bertz CT molecular complexity index is 1070. The molecule has 142 valence electrons. The molecule has 1 atom stereocenters. The predicted octanol–water partition coefficient (Wildman–Crippen LogP) is 4.27. The van der Waals surface area contributed by atoms with Gasteiger partial charge in [-0.25, -0.2) is 0 Å². The summed E-state index contributed by atoms with van der Waals surface area (Å²) in [7, 11) is 0. The maximum absolute atomic E-state index is 13.3. The summed E-state index contributed by atoms with van der Waals surface area (Å²) in [5, 5.41) is 12.2. The van der Waals surface area contributed by atoms with E-state index in [1.807, 2.05) is 6.07 Å². The van der Waals surface area contributed by atoms with E-state index >= 15 is 0 Å². The van der Waals surface area contributed by atoms with Gasteiger partial charge < -0.3 is 10.2 Å². The third kappa shape index (κ3) is 2.82. The fourth-order valence-electron chi connectivity index (χ4n) is 3.35.